The molecule has 0 bridgehead atoms. The molecule has 0 radical (unpaired) electrons. The Bertz CT molecular complexity index is 227. The average Bonchev–Trinajstić information content (AvgIpc) is 2.47. The van der Waals surface area contributed by atoms with E-state index in [2.05, 4.69) is 36.3 Å². The minimum Gasteiger partial charge on any atom is -0.382 e. The van der Waals surface area contributed by atoms with Crippen molar-refractivity contribution in [2.75, 3.05) is 11.9 Å². The second-order valence-corrected chi connectivity index (χ2v) is 3.39. The van der Waals surface area contributed by atoms with Crippen molar-refractivity contribution in [3.8, 4) is 0 Å². The van der Waals surface area contributed by atoms with Gasteiger partial charge in [0.15, 0.2) is 0 Å². The van der Waals surface area contributed by atoms with Gasteiger partial charge in [-0.15, -0.1) is 0 Å². The fourth-order valence-corrected chi connectivity index (χ4v) is 1.05. The van der Waals surface area contributed by atoms with Gasteiger partial charge in [-0.2, -0.15) is 5.10 Å². The Morgan fingerprint density at radius 2 is 2.33 bits per heavy atom. The highest BCUT2D eigenvalue weighted by atomic mass is 15.1. The fraction of sp³-hybridized carbons (Fsp3) is 0.667. The summed E-state index contributed by atoms with van der Waals surface area (Å²) >= 11 is 0. The quantitative estimate of drug-likeness (QED) is 0.720. The molecule has 0 saturated heterocycles. The van der Waals surface area contributed by atoms with Crippen LogP contribution < -0.4 is 5.32 Å². The number of aromatic nitrogens is 2. The Morgan fingerprint density at radius 1 is 1.58 bits per heavy atom. The van der Waals surface area contributed by atoms with E-state index in [9.17, 15) is 0 Å². The Balaban J connectivity index is 2.50. The SMILES string of the molecule is CCc1[nH]ncc1NCC(C)C. The zero-order valence-electron chi connectivity index (χ0n) is 8.02. The largest absolute Gasteiger partial charge is 0.382 e. The highest BCUT2D eigenvalue weighted by Crippen LogP contribution is 2.11. The number of aromatic amines is 1. The average molecular weight is 167 g/mol. The van der Waals surface area contributed by atoms with Crippen LogP contribution in [-0.2, 0) is 6.42 Å². The predicted octanol–water partition coefficient (Wildman–Crippen LogP) is 2.04. The molecule has 0 aliphatic heterocycles. The lowest BCUT2D eigenvalue weighted by molar-refractivity contribution is 0.688. The van der Waals surface area contributed by atoms with Crippen LogP contribution in [0.5, 0.6) is 0 Å². The summed E-state index contributed by atoms with van der Waals surface area (Å²) in [7, 11) is 0. The summed E-state index contributed by atoms with van der Waals surface area (Å²) in [5, 5.41) is 10.3. The van der Waals surface area contributed by atoms with Crippen molar-refractivity contribution in [1.82, 2.24) is 10.2 Å². The van der Waals surface area contributed by atoms with E-state index in [1.165, 1.54) is 5.69 Å². The van der Waals surface area contributed by atoms with Crippen molar-refractivity contribution in [3.63, 3.8) is 0 Å². The first kappa shape index (κ1) is 9.10. The number of hydrogen-bond donors (Lipinski definition) is 2. The Kier molecular flexibility index (Phi) is 3.14. The van der Waals surface area contributed by atoms with Crippen LogP contribution >= 0.6 is 0 Å². The van der Waals surface area contributed by atoms with Crippen molar-refractivity contribution in [3.05, 3.63) is 11.9 Å². The standard InChI is InChI=1S/C9H17N3/c1-4-8-9(6-11-12-8)10-5-7(2)3/h6-7,10H,4-5H2,1-3H3,(H,11,12). The lowest BCUT2D eigenvalue weighted by Gasteiger charge is -2.07. The topological polar surface area (TPSA) is 40.7 Å². The van der Waals surface area contributed by atoms with E-state index in [0.717, 1.165) is 18.7 Å². The third kappa shape index (κ3) is 2.26. The molecule has 0 unspecified atom stereocenters. The van der Waals surface area contributed by atoms with Crippen LogP contribution in [0.2, 0.25) is 0 Å². The molecule has 68 valence electrons. The van der Waals surface area contributed by atoms with Gasteiger partial charge < -0.3 is 5.32 Å². The van der Waals surface area contributed by atoms with Gasteiger partial charge in [-0.3, -0.25) is 5.10 Å². The Morgan fingerprint density at radius 3 is 2.92 bits per heavy atom. The van der Waals surface area contributed by atoms with Crippen molar-refractivity contribution in [2.45, 2.75) is 27.2 Å². The summed E-state index contributed by atoms with van der Waals surface area (Å²) < 4.78 is 0. The number of aryl methyl sites for hydroxylation is 1. The van der Waals surface area contributed by atoms with Gasteiger partial charge in [0.25, 0.3) is 0 Å². The second kappa shape index (κ2) is 4.14. The first-order chi connectivity index (χ1) is 5.74. The number of nitrogens with one attached hydrogen (secondary N) is 2. The van der Waals surface area contributed by atoms with Crippen LogP contribution in [0.1, 0.15) is 26.5 Å². The molecule has 3 heteroatoms. The molecule has 1 heterocycles. The Labute approximate surface area is 73.6 Å². The summed E-state index contributed by atoms with van der Waals surface area (Å²) in [5.74, 6) is 0.671. The molecule has 0 atom stereocenters. The minimum absolute atomic E-state index is 0.671. The van der Waals surface area contributed by atoms with E-state index in [1.807, 2.05) is 6.20 Å². The molecule has 0 aromatic carbocycles. The molecule has 3 nitrogen and oxygen atoms in total. The van der Waals surface area contributed by atoms with Crippen LogP contribution in [0.3, 0.4) is 0 Å². The minimum atomic E-state index is 0.671. The van der Waals surface area contributed by atoms with Crippen LogP contribution in [0.25, 0.3) is 0 Å². The summed E-state index contributed by atoms with van der Waals surface area (Å²) in [6, 6.07) is 0. The molecule has 1 aromatic heterocycles. The van der Waals surface area contributed by atoms with Gasteiger partial charge in [0.05, 0.1) is 17.6 Å². The summed E-state index contributed by atoms with van der Waals surface area (Å²) in [4.78, 5) is 0. The summed E-state index contributed by atoms with van der Waals surface area (Å²) in [6.07, 6.45) is 2.85. The lowest BCUT2D eigenvalue weighted by atomic mass is 10.2. The van der Waals surface area contributed by atoms with Crippen molar-refractivity contribution in [2.24, 2.45) is 5.92 Å². The number of rotatable bonds is 4. The molecule has 1 rings (SSSR count). The molecule has 0 fully saturated rings. The molecular weight excluding hydrogens is 150 g/mol. The van der Waals surface area contributed by atoms with Crippen LogP contribution in [-0.4, -0.2) is 16.7 Å². The molecular formula is C9H17N3. The van der Waals surface area contributed by atoms with Crippen LogP contribution in [0.15, 0.2) is 6.20 Å². The molecule has 1 aromatic rings. The number of anilines is 1. The van der Waals surface area contributed by atoms with Gasteiger partial charge >= 0.3 is 0 Å². The number of nitrogens with zero attached hydrogens (tertiary/aromatic N) is 1. The number of hydrogen-bond acceptors (Lipinski definition) is 2. The van der Waals surface area contributed by atoms with Crippen LogP contribution in [0, 0.1) is 5.92 Å². The monoisotopic (exact) mass is 167 g/mol. The van der Waals surface area contributed by atoms with Crippen molar-refractivity contribution >= 4 is 5.69 Å². The molecule has 0 amide bonds. The van der Waals surface area contributed by atoms with E-state index in [1.54, 1.807) is 0 Å². The Hall–Kier alpha value is -0.990. The predicted molar refractivity (Wildman–Crippen MR) is 51.3 cm³/mol. The van der Waals surface area contributed by atoms with Gasteiger partial charge in [0.1, 0.15) is 0 Å². The molecule has 12 heavy (non-hydrogen) atoms. The van der Waals surface area contributed by atoms with Crippen molar-refractivity contribution in [1.29, 1.82) is 0 Å². The third-order valence-electron chi connectivity index (χ3n) is 1.77. The lowest BCUT2D eigenvalue weighted by Crippen LogP contribution is -2.08. The van der Waals surface area contributed by atoms with E-state index >= 15 is 0 Å². The van der Waals surface area contributed by atoms with Crippen molar-refractivity contribution < 1.29 is 0 Å². The summed E-state index contributed by atoms with van der Waals surface area (Å²) in [5.41, 5.74) is 2.34. The molecule has 0 aliphatic rings. The van der Waals surface area contributed by atoms with Gasteiger partial charge in [-0.1, -0.05) is 20.8 Å². The van der Waals surface area contributed by atoms with Gasteiger partial charge in [-0.25, -0.2) is 0 Å². The smallest absolute Gasteiger partial charge is 0.0756 e. The first-order valence-electron chi connectivity index (χ1n) is 4.50. The summed E-state index contributed by atoms with van der Waals surface area (Å²) in [6.45, 7) is 7.51. The third-order valence-corrected chi connectivity index (χ3v) is 1.77. The van der Waals surface area contributed by atoms with E-state index in [4.69, 9.17) is 0 Å². The zero-order chi connectivity index (χ0) is 8.97. The van der Waals surface area contributed by atoms with E-state index in [-0.39, 0.29) is 0 Å². The van der Waals surface area contributed by atoms with Gasteiger partial charge in [0.2, 0.25) is 0 Å². The molecule has 2 N–H and O–H groups in total. The molecule has 0 aliphatic carbocycles. The first-order valence-corrected chi connectivity index (χ1v) is 4.50. The van der Waals surface area contributed by atoms with E-state index < -0.39 is 0 Å². The van der Waals surface area contributed by atoms with E-state index in [0.29, 0.717) is 5.92 Å². The normalized spacial score (nSPS) is 10.7. The maximum absolute atomic E-state index is 3.98. The maximum Gasteiger partial charge on any atom is 0.0756 e. The zero-order valence-corrected chi connectivity index (χ0v) is 8.02. The van der Waals surface area contributed by atoms with Crippen LogP contribution in [0.4, 0.5) is 5.69 Å². The number of H-pyrrole nitrogens is 1. The highest BCUT2D eigenvalue weighted by Gasteiger charge is 2.01. The second-order valence-electron chi connectivity index (χ2n) is 3.39. The van der Waals surface area contributed by atoms with Gasteiger partial charge in [0, 0.05) is 6.54 Å². The highest BCUT2D eigenvalue weighted by molar-refractivity contribution is 5.45. The molecule has 0 spiro atoms. The fourth-order valence-electron chi connectivity index (χ4n) is 1.05. The maximum atomic E-state index is 3.98. The van der Waals surface area contributed by atoms with Gasteiger partial charge in [-0.05, 0) is 12.3 Å². The molecule has 0 saturated carbocycles.